The molecule has 0 heterocycles. The number of carbonyl (C=O) groups excluding carboxylic acids is 1. The predicted molar refractivity (Wildman–Crippen MR) is 50.8 cm³/mol. The average Bonchev–Trinajstić information content (AvgIpc) is 2.08. The molecule has 0 aliphatic carbocycles. The highest BCUT2D eigenvalue weighted by Crippen LogP contribution is 2.31. The Hall–Kier alpha value is -1.30. The zero-order valence-corrected chi connectivity index (χ0v) is 8.67. The quantitative estimate of drug-likeness (QED) is 0.467. The summed E-state index contributed by atoms with van der Waals surface area (Å²) in [5, 5.41) is 10.6. The smallest absolute Gasteiger partial charge is 0.294 e. The lowest BCUT2D eigenvalue weighted by atomic mass is 10.1. The zero-order chi connectivity index (χ0) is 10.9. The maximum atomic E-state index is 12.9. The third kappa shape index (κ3) is 1.79. The van der Waals surface area contributed by atoms with E-state index in [1.165, 1.54) is 6.92 Å². The second-order valence-corrected chi connectivity index (χ2v) is 3.36. The Balaban J connectivity index is 3.53. The third-order valence-corrected chi connectivity index (χ3v) is 2.39. The van der Waals surface area contributed by atoms with Crippen molar-refractivity contribution in [1.82, 2.24) is 0 Å². The minimum absolute atomic E-state index is 0.108. The van der Waals surface area contributed by atoms with Gasteiger partial charge in [0, 0.05) is 0 Å². The minimum atomic E-state index is -0.788. The van der Waals surface area contributed by atoms with Gasteiger partial charge in [0.2, 0.25) is 0 Å². The summed E-state index contributed by atoms with van der Waals surface area (Å²) in [5.74, 6) is -1.24. The van der Waals surface area contributed by atoms with Gasteiger partial charge in [-0.2, -0.15) is 0 Å². The van der Waals surface area contributed by atoms with Crippen LogP contribution in [0.15, 0.2) is 16.6 Å². The number of hydrogen-bond donors (Lipinski definition) is 0. The van der Waals surface area contributed by atoms with Gasteiger partial charge in [0.15, 0.2) is 5.78 Å². The van der Waals surface area contributed by atoms with Crippen LogP contribution in [0.1, 0.15) is 17.3 Å². The molecule has 0 aromatic heterocycles. The van der Waals surface area contributed by atoms with Crippen LogP contribution in [0.2, 0.25) is 0 Å². The van der Waals surface area contributed by atoms with E-state index in [1.807, 2.05) is 0 Å². The van der Waals surface area contributed by atoms with Gasteiger partial charge >= 0.3 is 0 Å². The highest BCUT2D eigenvalue weighted by molar-refractivity contribution is 9.10. The largest absolute Gasteiger partial charge is 0.297 e. The van der Waals surface area contributed by atoms with E-state index >= 15 is 0 Å². The summed E-state index contributed by atoms with van der Waals surface area (Å²) >= 11 is 2.73. The van der Waals surface area contributed by atoms with Crippen molar-refractivity contribution in [3.05, 3.63) is 38.1 Å². The minimum Gasteiger partial charge on any atom is -0.294 e. The molecule has 0 fully saturated rings. The topological polar surface area (TPSA) is 60.2 Å². The van der Waals surface area contributed by atoms with E-state index in [2.05, 4.69) is 15.9 Å². The molecule has 0 saturated carbocycles. The monoisotopic (exact) mass is 261 g/mol. The van der Waals surface area contributed by atoms with Crippen LogP contribution >= 0.6 is 15.9 Å². The van der Waals surface area contributed by atoms with Crippen LogP contribution in [0.3, 0.4) is 0 Å². The van der Waals surface area contributed by atoms with Crippen molar-refractivity contribution in [2.75, 3.05) is 0 Å². The number of carbonyl (C=O) groups is 1. The van der Waals surface area contributed by atoms with Crippen LogP contribution in [0, 0.1) is 15.9 Å². The molecule has 0 spiro atoms. The van der Waals surface area contributed by atoms with Crippen molar-refractivity contribution in [2.24, 2.45) is 0 Å². The molecule has 0 N–H and O–H groups in total. The van der Waals surface area contributed by atoms with Crippen molar-refractivity contribution >= 4 is 27.4 Å². The van der Waals surface area contributed by atoms with Gasteiger partial charge in [-0.1, -0.05) is 0 Å². The van der Waals surface area contributed by atoms with Gasteiger partial charge in [-0.15, -0.1) is 0 Å². The first-order chi connectivity index (χ1) is 6.45. The van der Waals surface area contributed by atoms with Crippen LogP contribution in [0.5, 0.6) is 0 Å². The van der Waals surface area contributed by atoms with Crippen molar-refractivity contribution in [2.45, 2.75) is 6.92 Å². The molecule has 0 unspecified atom stereocenters. The number of benzene rings is 1. The normalized spacial score (nSPS) is 9.93. The van der Waals surface area contributed by atoms with Gasteiger partial charge in [0.05, 0.1) is 10.5 Å². The van der Waals surface area contributed by atoms with E-state index in [0.29, 0.717) is 0 Å². The van der Waals surface area contributed by atoms with Crippen molar-refractivity contribution < 1.29 is 14.1 Å². The second-order valence-electron chi connectivity index (χ2n) is 2.57. The first kappa shape index (κ1) is 10.8. The van der Waals surface area contributed by atoms with Crippen molar-refractivity contribution in [3.8, 4) is 0 Å². The van der Waals surface area contributed by atoms with E-state index in [-0.39, 0.29) is 10.0 Å². The summed E-state index contributed by atoms with van der Waals surface area (Å²) < 4.78 is 12.6. The van der Waals surface area contributed by atoms with Gasteiger partial charge in [-0.05, 0) is 35.0 Å². The number of Topliss-reactive ketones (excluding diaryl/α,β-unsaturated/α-hetero) is 1. The molecule has 0 aliphatic rings. The van der Waals surface area contributed by atoms with Crippen LogP contribution in [-0.4, -0.2) is 10.7 Å². The number of hydrogen-bond acceptors (Lipinski definition) is 3. The zero-order valence-electron chi connectivity index (χ0n) is 7.08. The average molecular weight is 262 g/mol. The molecule has 0 bridgehead atoms. The molecule has 1 aromatic carbocycles. The number of halogens is 2. The summed E-state index contributed by atoms with van der Waals surface area (Å²) in [6.45, 7) is 1.19. The molecule has 0 radical (unpaired) electrons. The standard InChI is InChI=1S/C8H5BrFNO3/c1-4(12)5-2-3-6(10)7(9)8(5)11(13)14/h2-3H,1H3. The molecule has 0 saturated heterocycles. The summed E-state index contributed by atoms with van der Waals surface area (Å²) in [4.78, 5) is 20.8. The molecular formula is C8H5BrFNO3. The van der Waals surface area contributed by atoms with Crippen LogP contribution < -0.4 is 0 Å². The number of ketones is 1. The number of nitrogens with zero attached hydrogens (tertiary/aromatic N) is 1. The first-order valence-electron chi connectivity index (χ1n) is 3.58. The number of rotatable bonds is 2. The number of nitro benzene ring substituents is 1. The van der Waals surface area contributed by atoms with E-state index in [0.717, 1.165) is 12.1 Å². The molecule has 14 heavy (non-hydrogen) atoms. The third-order valence-electron chi connectivity index (χ3n) is 1.63. The second kappa shape index (κ2) is 3.83. The highest BCUT2D eigenvalue weighted by atomic mass is 79.9. The van der Waals surface area contributed by atoms with E-state index in [4.69, 9.17) is 0 Å². The van der Waals surface area contributed by atoms with Crippen LogP contribution in [0.25, 0.3) is 0 Å². The molecule has 0 amide bonds. The molecule has 1 rings (SSSR count). The summed E-state index contributed by atoms with van der Waals surface area (Å²) in [7, 11) is 0. The molecular weight excluding hydrogens is 257 g/mol. The Morgan fingerprint density at radius 1 is 1.57 bits per heavy atom. The lowest BCUT2D eigenvalue weighted by Gasteiger charge is -2.01. The molecule has 1 aromatic rings. The maximum Gasteiger partial charge on any atom is 0.297 e. The Kier molecular flexibility index (Phi) is 2.95. The fraction of sp³-hybridized carbons (Fsp3) is 0.125. The summed E-state index contributed by atoms with van der Waals surface area (Å²) in [5.41, 5.74) is -0.638. The van der Waals surface area contributed by atoms with Crippen molar-refractivity contribution in [1.29, 1.82) is 0 Å². The van der Waals surface area contributed by atoms with E-state index in [1.54, 1.807) is 0 Å². The fourth-order valence-corrected chi connectivity index (χ4v) is 1.49. The Morgan fingerprint density at radius 3 is 2.57 bits per heavy atom. The lowest BCUT2D eigenvalue weighted by molar-refractivity contribution is -0.386. The summed E-state index contributed by atoms with van der Waals surface area (Å²) in [6, 6.07) is 2.11. The Morgan fingerprint density at radius 2 is 2.14 bits per heavy atom. The van der Waals surface area contributed by atoms with Crippen LogP contribution in [0.4, 0.5) is 10.1 Å². The Bertz CT molecular complexity index is 419. The summed E-state index contributed by atoms with van der Waals surface area (Å²) in [6.07, 6.45) is 0. The van der Waals surface area contributed by atoms with Crippen LogP contribution in [-0.2, 0) is 0 Å². The Labute approximate surface area is 87.0 Å². The maximum absolute atomic E-state index is 12.9. The molecule has 0 atom stereocenters. The van der Waals surface area contributed by atoms with Crippen molar-refractivity contribution in [3.63, 3.8) is 0 Å². The molecule has 74 valence electrons. The van der Waals surface area contributed by atoms with E-state index in [9.17, 15) is 19.3 Å². The fourth-order valence-electron chi connectivity index (χ4n) is 1.00. The van der Waals surface area contributed by atoms with Gasteiger partial charge in [0.25, 0.3) is 5.69 Å². The number of nitro groups is 1. The van der Waals surface area contributed by atoms with E-state index < -0.39 is 22.2 Å². The first-order valence-corrected chi connectivity index (χ1v) is 4.37. The predicted octanol–water partition coefficient (Wildman–Crippen LogP) is 2.70. The van der Waals surface area contributed by atoms with Gasteiger partial charge < -0.3 is 0 Å². The SMILES string of the molecule is CC(=O)c1ccc(F)c(Br)c1[N+](=O)[O-]. The van der Waals surface area contributed by atoms with Gasteiger partial charge in [-0.3, -0.25) is 14.9 Å². The molecule has 4 nitrogen and oxygen atoms in total. The lowest BCUT2D eigenvalue weighted by Crippen LogP contribution is -2.02. The highest BCUT2D eigenvalue weighted by Gasteiger charge is 2.23. The molecule has 6 heteroatoms. The molecule has 0 aliphatic heterocycles. The van der Waals surface area contributed by atoms with Gasteiger partial charge in [0.1, 0.15) is 10.3 Å². The van der Waals surface area contributed by atoms with Gasteiger partial charge in [-0.25, -0.2) is 4.39 Å².